The van der Waals surface area contributed by atoms with Crippen molar-refractivity contribution < 1.29 is 13.2 Å². The number of carbonyl (C=O) groups excluding carboxylic acids is 1. The minimum absolute atomic E-state index is 0.00997. The summed E-state index contributed by atoms with van der Waals surface area (Å²) in [6.07, 6.45) is 2.00. The Balaban J connectivity index is 1.75. The van der Waals surface area contributed by atoms with Crippen molar-refractivity contribution in [2.75, 3.05) is 25.1 Å². The van der Waals surface area contributed by atoms with Crippen LogP contribution >= 0.6 is 0 Å². The quantitative estimate of drug-likeness (QED) is 0.859. The molecule has 1 atom stereocenters. The molecule has 0 radical (unpaired) electrons. The third kappa shape index (κ3) is 3.64. The lowest BCUT2D eigenvalue weighted by Gasteiger charge is -2.16. The van der Waals surface area contributed by atoms with Crippen LogP contribution in [-0.2, 0) is 21.1 Å². The van der Waals surface area contributed by atoms with E-state index in [0.29, 0.717) is 36.0 Å². The molecule has 128 valence electrons. The van der Waals surface area contributed by atoms with Gasteiger partial charge < -0.3 is 4.90 Å². The number of hydrogen-bond donors (Lipinski definition) is 1. The van der Waals surface area contributed by atoms with Gasteiger partial charge in [0.1, 0.15) is 9.84 Å². The fraction of sp³-hybridized carbons (Fsp3) is 0.438. The molecule has 1 aliphatic rings. The first-order chi connectivity index (χ1) is 11.3. The summed E-state index contributed by atoms with van der Waals surface area (Å²) in [5.74, 6) is -0.00341. The summed E-state index contributed by atoms with van der Waals surface area (Å²) in [4.78, 5) is 26.0. The largest absolute Gasteiger partial charge is 0.342 e. The van der Waals surface area contributed by atoms with E-state index >= 15 is 0 Å². The van der Waals surface area contributed by atoms with Gasteiger partial charge in [0.25, 0.3) is 5.56 Å². The first-order valence-corrected chi connectivity index (χ1v) is 9.81. The Bertz CT molecular complexity index is 936. The Morgan fingerprint density at radius 1 is 1.33 bits per heavy atom. The molecule has 0 aliphatic carbocycles. The van der Waals surface area contributed by atoms with Crippen molar-refractivity contribution in [1.82, 2.24) is 15.1 Å². The minimum atomic E-state index is -3.04. The summed E-state index contributed by atoms with van der Waals surface area (Å²) in [7, 11) is -3.04. The van der Waals surface area contributed by atoms with Gasteiger partial charge in [-0.3, -0.25) is 9.59 Å². The van der Waals surface area contributed by atoms with E-state index in [9.17, 15) is 18.0 Å². The molecule has 2 aromatic rings. The van der Waals surface area contributed by atoms with Crippen LogP contribution in [-0.4, -0.2) is 54.5 Å². The molecule has 1 N–H and O–H groups in total. The van der Waals surface area contributed by atoms with Gasteiger partial charge in [0, 0.05) is 24.7 Å². The lowest BCUT2D eigenvalue weighted by Crippen LogP contribution is -2.31. The van der Waals surface area contributed by atoms with Crippen molar-refractivity contribution in [2.24, 2.45) is 5.92 Å². The highest BCUT2D eigenvalue weighted by Gasteiger charge is 2.28. The van der Waals surface area contributed by atoms with Gasteiger partial charge in [0.05, 0.1) is 23.3 Å². The van der Waals surface area contributed by atoms with Gasteiger partial charge in [0.15, 0.2) is 0 Å². The highest BCUT2D eigenvalue weighted by molar-refractivity contribution is 7.90. The molecule has 1 unspecified atom stereocenters. The predicted molar refractivity (Wildman–Crippen MR) is 90.5 cm³/mol. The number of likely N-dealkylation sites (tertiary alicyclic amines) is 1. The van der Waals surface area contributed by atoms with Crippen LogP contribution in [0.3, 0.4) is 0 Å². The van der Waals surface area contributed by atoms with Gasteiger partial charge in [-0.1, -0.05) is 18.2 Å². The van der Waals surface area contributed by atoms with E-state index in [0.717, 1.165) is 0 Å². The molecule has 2 heterocycles. The van der Waals surface area contributed by atoms with Crippen LogP contribution in [0.1, 0.15) is 12.1 Å². The van der Waals surface area contributed by atoms with E-state index in [1.54, 1.807) is 29.2 Å². The van der Waals surface area contributed by atoms with Gasteiger partial charge in [0.2, 0.25) is 5.91 Å². The Labute approximate surface area is 139 Å². The number of rotatable bonds is 4. The SMILES string of the molecule is CS(=O)(=O)CC1CCN(C(=O)Cc2n[nH]c(=O)c3ccccc23)C1. The zero-order valence-electron chi connectivity index (χ0n) is 13.4. The van der Waals surface area contributed by atoms with Crippen molar-refractivity contribution >= 4 is 26.5 Å². The number of carbonyl (C=O) groups is 1. The maximum absolute atomic E-state index is 12.5. The number of H-pyrrole nitrogens is 1. The number of amides is 1. The molecule has 0 spiro atoms. The normalized spacial score (nSPS) is 18.2. The molecule has 1 aromatic carbocycles. The first-order valence-electron chi connectivity index (χ1n) is 7.75. The highest BCUT2D eigenvalue weighted by atomic mass is 32.2. The number of benzene rings is 1. The Kier molecular flexibility index (Phi) is 4.40. The summed E-state index contributed by atoms with van der Waals surface area (Å²) in [5, 5.41) is 7.61. The van der Waals surface area contributed by atoms with Crippen LogP contribution in [0.15, 0.2) is 29.1 Å². The summed E-state index contributed by atoms with van der Waals surface area (Å²) in [6.45, 7) is 1.01. The van der Waals surface area contributed by atoms with Crippen LogP contribution < -0.4 is 5.56 Å². The van der Waals surface area contributed by atoms with Gasteiger partial charge >= 0.3 is 0 Å². The molecule has 1 aromatic heterocycles. The molecule has 1 aliphatic heterocycles. The minimum Gasteiger partial charge on any atom is -0.342 e. The van der Waals surface area contributed by atoms with Crippen LogP contribution in [0.4, 0.5) is 0 Å². The number of nitrogens with zero attached hydrogens (tertiary/aromatic N) is 2. The zero-order valence-corrected chi connectivity index (χ0v) is 14.2. The number of aromatic nitrogens is 2. The number of hydrogen-bond acceptors (Lipinski definition) is 5. The van der Waals surface area contributed by atoms with Gasteiger partial charge in [-0.25, -0.2) is 13.5 Å². The van der Waals surface area contributed by atoms with E-state index in [4.69, 9.17) is 0 Å². The van der Waals surface area contributed by atoms with E-state index in [2.05, 4.69) is 10.2 Å². The average Bonchev–Trinajstić information content (AvgIpc) is 2.97. The molecular formula is C16H19N3O4S. The molecule has 0 bridgehead atoms. The summed E-state index contributed by atoms with van der Waals surface area (Å²) in [6, 6.07) is 7.04. The van der Waals surface area contributed by atoms with Crippen molar-refractivity contribution in [1.29, 1.82) is 0 Å². The monoisotopic (exact) mass is 349 g/mol. The smallest absolute Gasteiger partial charge is 0.272 e. The van der Waals surface area contributed by atoms with Crippen LogP contribution in [0.5, 0.6) is 0 Å². The molecule has 7 nitrogen and oxygen atoms in total. The molecule has 1 amide bonds. The summed E-state index contributed by atoms with van der Waals surface area (Å²) < 4.78 is 22.8. The maximum Gasteiger partial charge on any atom is 0.272 e. The number of nitrogens with one attached hydrogen (secondary N) is 1. The topological polar surface area (TPSA) is 100 Å². The van der Waals surface area contributed by atoms with Crippen molar-refractivity contribution in [3.8, 4) is 0 Å². The number of sulfone groups is 1. The van der Waals surface area contributed by atoms with Crippen molar-refractivity contribution in [3.05, 3.63) is 40.3 Å². The lowest BCUT2D eigenvalue weighted by atomic mass is 10.1. The fourth-order valence-corrected chi connectivity index (χ4v) is 4.31. The lowest BCUT2D eigenvalue weighted by molar-refractivity contribution is -0.129. The molecule has 3 rings (SSSR count). The fourth-order valence-electron chi connectivity index (χ4n) is 3.18. The van der Waals surface area contributed by atoms with Crippen molar-refractivity contribution in [3.63, 3.8) is 0 Å². The van der Waals surface area contributed by atoms with Crippen molar-refractivity contribution in [2.45, 2.75) is 12.8 Å². The van der Waals surface area contributed by atoms with Gasteiger partial charge in [-0.15, -0.1) is 0 Å². The number of fused-ring (bicyclic) bond motifs is 1. The second-order valence-corrected chi connectivity index (χ2v) is 8.49. The average molecular weight is 349 g/mol. The third-order valence-electron chi connectivity index (χ3n) is 4.27. The third-order valence-corrected chi connectivity index (χ3v) is 5.35. The molecule has 24 heavy (non-hydrogen) atoms. The van der Waals surface area contributed by atoms with Crippen LogP contribution in [0.25, 0.3) is 10.8 Å². The maximum atomic E-state index is 12.5. The molecular weight excluding hydrogens is 330 g/mol. The molecule has 1 saturated heterocycles. The van der Waals surface area contributed by atoms with Gasteiger partial charge in [-0.2, -0.15) is 5.10 Å². The van der Waals surface area contributed by atoms with E-state index in [-0.39, 0.29) is 29.6 Å². The number of aromatic amines is 1. The zero-order chi connectivity index (χ0) is 17.3. The van der Waals surface area contributed by atoms with E-state index in [1.807, 2.05) is 0 Å². The van der Waals surface area contributed by atoms with Crippen LogP contribution in [0, 0.1) is 5.92 Å². The second kappa shape index (κ2) is 6.35. The van der Waals surface area contributed by atoms with E-state index < -0.39 is 9.84 Å². The predicted octanol–water partition coefficient (Wildman–Crippen LogP) is 0.359. The highest BCUT2D eigenvalue weighted by Crippen LogP contribution is 2.20. The van der Waals surface area contributed by atoms with Gasteiger partial charge in [-0.05, 0) is 18.4 Å². The summed E-state index contributed by atoms with van der Waals surface area (Å²) in [5.41, 5.74) is 0.248. The molecule has 1 fully saturated rings. The van der Waals surface area contributed by atoms with E-state index in [1.165, 1.54) is 6.26 Å². The van der Waals surface area contributed by atoms with Crippen LogP contribution in [0.2, 0.25) is 0 Å². The summed E-state index contributed by atoms with van der Waals surface area (Å²) >= 11 is 0. The standard InChI is InChI=1S/C16H19N3O4S/c1-24(22,23)10-11-6-7-19(9-11)15(20)8-14-12-4-2-3-5-13(12)16(21)18-17-14/h2-5,11H,6-10H2,1H3,(H,18,21). The molecule has 0 saturated carbocycles. The Hall–Kier alpha value is -2.22. The molecule has 8 heteroatoms. The Morgan fingerprint density at radius 2 is 2.04 bits per heavy atom. The second-order valence-electron chi connectivity index (χ2n) is 6.31. The first kappa shape index (κ1) is 16.6. The Morgan fingerprint density at radius 3 is 2.75 bits per heavy atom.